The van der Waals surface area contributed by atoms with Crippen molar-refractivity contribution < 1.29 is 14.3 Å². The second-order valence-corrected chi connectivity index (χ2v) is 6.08. The smallest absolute Gasteiger partial charge is 0.276 e. The number of amides is 2. The molecule has 4 rings (SSSR count). The number of nitrogens with zero attached hydrogens (tertiary/aromatic N) is 4. The number of ether oxygens (including phenoxy) is 1. The van der Waals surface area contributed by atoms with Crippen molar-refractivity contribution in [2.24, 2.45) is 5.73 Å². The molecule has 0 spiro atoms. The molecule has 0 atom stereocenters. The SMILES string of the molecule is CCn1nc(C)cc1C(=O)Nc1nc2cc(C(N)=O)cc3c2n1CCO3. The van der Waals surface area contributed by atoms with Crippen molar-refractivity contribution in [1.82, 2.24) is 19.3 Å². The van der Waals surface area contributed by atoms with Crippen LogP contribution in [-0.4, -0.2) is 37.8 Å². The Morgan fingerprint density at radius 2 is 2.15 bits per heavy atom. The van der Waals surface area contributed by atoms with E-state index in [9.17, 15) is 9.59 Å². The molecule has 0 saturated heterocycles. The molecule has 0 fully saturated rings. The van der Waals surface area contributed by atoms with Gasteiger partial charge in [0.05, 0.1) is 17.8 Å². The van der Waals surface area contributed by atoms with Gasteiger partial charge in [-0.2, -0.15) is 5.10 Å². The largest absolute Gasteiger partial charge is 0.489 e. The summed E-state index contributed by atoms with van der Waals surface area (Å²) < 4.78 is 9.15. The average molecular weight is 354 g/mol. The number of primary amides is 1. The number of anilines is 1. The molecular weight excluding hydrogens is 336 g/mol. The molecule has 0 saturated carbocycles. The molecular formula is C17H18N6O3. The van der Waals surface area contributed by atoms with Gasteiger partial charge in [0.25, 0.3) is 5.91 Å². The maximum Gasteiger partial charge on any atom is 0.276 e. The van der Waals surface area contributed by atoms with E-state index in [1.165, 1.54) is 0 Å². The molecule has 1 aliphatic heterocycles. The lowest BCUT2D eigenvalue weighted by Crippen LogP contribution is -2.22. The van der Waals surface area contributed by atoms with Gasteiger partial charge in [-0.25, -0.2) is 4.98 Å². The minimum Gasteiger partial charge on any atom is -0.489 e. The van der Waals surface area contributed by atoms with Crippen molar-refractivity contribution >= 4 is 28.8 Å². The van der Waals surface area contributed by atoms with Crippen LogP contribution in [0, 0.1) is 6.92 Å². The molecule has 1 aliphatic rings. The summed E-state index contributed by atoms with van der Waals surface area (Å²) in [6.07, 6.45) is 0. The molecule has 3 N–H and O–H groups in total. The van der Waals surface area contributed by atoms with E-state index in [1.807, 2.05) is 18.4 Å². The molecule has 0 aliphatic carbocycles. The number of nitrogens with two attached hydrogens (primary N) is 1. The van der Waals surface area contributed by atoms with Gasteiger partial charge in [-0.3, -0.25) is 19.6 Å². The van der Waals surface area contributed by atoms with Crippen LogP contribution in [0.25, 0.3) is 11.0 Å². The number of aromatic nitrogens is 4. The summed E-state index contributed by atoms with van der Waals surface area (Å²) >= 11 is 0. The molecule has 3 aromatic rings. The fourth-order valence-corrected chi connectivity index (χ4v) is 3.18. The van der Waals surface area contributed by atoms with Crippen LogP contribution >= 0.6 is 0 Å². The van der Waals surface area contributed by atoms with Crippen LogP contribution in [0.1, 0.15) is 33.5 Å². The monoisotopic (exact) mass is 354 g/mol. The quantitative estimate of drug-likeness (QED) is 0.732. The third-order valence-electron chi connectivity index (χ3n) is 4.32. The number of rotatable bonds is 4. The molecule has 134 valence electrons. The highest BCUT2D eigenvalue weighted by Gasteiger charge is 2.23. The molecule has 0 bridgehead atoms. The van der Waals surface area contributed by atoms with Gasteiger partial charge in [0.2, 0.25) is 11.9 Å². The minimum absolute atomic E-state index is 0.290. The molecule has 3 heterocycles. The topological polar surface area (TPSA) is 117 Å². The van der Waals surface area contributed by atoms with E-state index < -0.39 is 5.91 Å². The van der Waals surface area contributed by atoms with Gasteiger partial charge in [-0.1, -0.05) is 0 Å². The summed E-state index contributed by atoms with van der Waals surface area (Å²) in [5.74, 6) is 0.0876. The highest BCUT2D eigenvalue weighted by atomic mass is 16.5. The Morgan fingerprint density at radius 3 is 2.88 bits per heavy atom. The lowest BCUT2D eigenvalue weighted by Gasteiger charge is -2.18. The predicted octanol–water partition coefficient (Wildman–Crippen LogP) is 1.30. The molecule has 1 aromatic carbocycles. The van der Waals surface area contributed by atoms with Crippen molar-refractivity contribution in [3.63, 3.8) is 0 Å². The van der Waals surface area contributed by atoms with E-state index in [0.717, 1.165) is 11.2 Å². The van der Waals surface area contributed by atoms with E-state index in [4.69, 9.17) is 10.5 Å². The van der Waals surface area contributed by atoms with Gasteiger partial charge >= 0.3 is 0 Å². The summed E-state index contributed by atoms with van der Waals surface area (Å²) in [5, 5.41) is 7.14. The predicted molar refractivity (Wildman–Crippen MR) is 94.3 cm³/mol. The summed E-state index contributed by atoms with van der Waals surface area (Å²) in [6, 6.07) is 4.93. The summed E-state index contributed by atoms with van der Waals surface area (Å²) in [4.78, 5) is 28.7. The maximum absolute atomic E-state index is 12.7. The highest BCUT2D eigenvalue weighted by molar-refractivity contribution is 6.04. The summed E-state index contributed by atoms with van der Waals surface area (Å²) in [6.45, 7) is 5.31. The zero-order valence-corrected chi connectivity index (χ0v) is 14.4. The highest BCUT2D eigenvalue weighted by Crippen LogP contribution is 2.33. The number of nitrogens with one attached hydrogen (secondary N) is 1. The van der Waals surface area contributed by atoms with Crippen LogP contribution in [0.3, 0.4) is 0 Å². The van der Waals surface area contributed by atoms with Crippen molar-refractivity contribution in [2.75, 3.05) is 11.9 Å². The van der Waals surface area contributed by atoms with E-state index >= 15 is 0 Å². The number of carbonyl (C=O) groups excluding carboxylic acids is 2. The van der Waals surface area contributed by atoms with E-state index in [2.05, 4.69) is 15.4 Å². The Kier molecular flexibility index (Phi) is 3.64. The van der Waals surface area contributed by atoms with Gasteiger partial charge in [0.15, 0.2) is 0 Å². The summed E-state index contributed by atoms with van der Waals surface area (Å²) in [7, 11) is 0. The number of imidazole rings is 1. The first-order valence-electron chi connectivity index (χ1n) is 8.30. The third kappa shape index (κ3) is 2.48. The van der Waals surface area contributed by atoms with Crippen LogP contribution in [0.2, 0.25) is 0 Å². The van der Waals surface area contributed by atoms with E-state index in [1.54, 1.807) is 22.9 Å². The maximum atomic E-state index is 12.7. The van der Waals surface area contributed by atoms with Crippen LogP contribution in [0.4, 0.5) is 5.95 Å². The van der Waals surface area contributed by atoms with Crippen LogP contribution in [0.15, 0.2) is 18.2 Å². The van der Waals surface area contributed by atoms with Crippen molar-refractivity contribution in [1.29, 1.82) is 0 Å². The zero-order chi connectivity index (χ0) is 18.4. The third-order valence-corrected chi connectivity index (χ3v) is 4.32. The molecule has 2 aromatic heterocycles. The Labute approximate surface area is 148 Å². The molecule has 9 heteroatoms. The van der Waals surface area contributed by atoms with Crippen LogP contribution in [-0.2, 0) is 13.1 Å². The molecule has 0 unspecified atom stereocenters. The Balaban J connectivity index is 1.77. The molecule has 26 heavy (non-hydrogen) atoms. The fourth-order valence-electron chi connectivity index (χ4n) is 3.18. The van der Waals surface area contributed by atoms with E-state index in [0.29, 0.717) is 48.2 Å². The number of aryl methyl sites for hydroxylation is 2. The van der Waals surface area contributed by atoms with Gasteiger partial charge in [-0.05, 0) is 32.0 Å². The second-order valence-electron chi connectivity index (χ2n) is 6.08. The fraction of sp³-hybridized carbons (Fsp3) is 0.294. The van der Waals surface area contributed by atoms with Crippen molar-refractivity contribution in [3.05, 3.63) is 35.2 Å². The number of benzene rings is 1. The first-order chi connectivity index (χ1) is 12.5. The second kappa shape index (κ2) is 5.87. The van der Waals surface area contributed by atoms with Gasteiger partial charge in [-0.15, -0.1) is 0 Å². The van der Waals surface area contributed by atoms with E-state index in [-0.39, 0.29) is 5.91 Å². The average Bonchev–Trinajstić information content (AvgIpc) is 3.17. The van der Waals surface area contributed by atoms with Gasteiger partial charge in [0.1, 0.15) is 23.6 Å². The Morgan fingerprint density at radius 1 is 1.35 bits per heavy atom. The van der Waals surface area contributed by atoms with Crippen molar-refractivity contribution in [2.45, 2.75) is 26.9 Å². The Hall–Kier alpha value is -3.36. The molecule has 9 nitrogen and oxygen atoms in total. The normalized spacial score (nSPS) is 12.8. The van der Waals surface area contributed by atoms with Crippen molar-refractivity contribution in [3.8, 4) is 5.75 Å². The lowest BCUT2D eigenvalue weighted by molar-refractivity contribution is 0.0995. The van der Waals surface area contributed by atoms with Gasteiger partial charge < -0.3 is 15.0 Å². The minimum atomic E-state index is -0.556. The summed E-state index contributed by atoms with van der Waals surface area (Å²) in [5.41, 5.74) is 8.21. The van der Waals surface area contributed by atoms with Crippen LogP contribution in [0.5, 0.6) is 5.75 Å². The standard InChI is InChI=1S/C17H18N6O3/c1-3-23-12(6-9(2)21-23)16(25)20-17-19-11-7-10(15(18)24)8-13-14(11)22(17)4-5-26-13/h6-8H,3-5H2,1-2H3,(H2,18,24)(H,19,20,25). The first kappa shape index (κ1) is 16.1. The number of carbonyl (C=O) groups is 2. The Bertz CT molecular complexity index is 1050. The number of hydrogen-bond acceptors (Lipinski definition) is 5. The van der Waals surface area contributed by atoms with Crippen LogP contribution < -0.4 is 15.8 Å². The zero-order valence-electron chi connectivity index (χ0n) is 14.4. The number of hydrogen-bond donors (Lipinski definition) is 2. The molecule has 2 amide bonds. The lowest BCUT2D eigenvalue weighted by atomic mass is 10.1. The molecule has 0 radical (unpaired) electrons. The first-order valence-corrected chi connectivity index (χ1v) is 8.30. The van der Waals surface area contributed by atoms with Gasteiger partial charge in [0, 0.05) is 12.1 Å².